The Hall–Kier alpha value is -0.893. The molecule has 222 valence electrons. The van der Waals surface area contributed by atoms with Crippen molar-refractivity contribution >= 4 is 54.2 Å². The Morgan fingerprint density at radius 1 is 1.38 bits per heavy atom. The maximum absolute atomic E-state index is 11.6. The molecule has 5 rings (SSSR count). The first-order valence-electron chi connectivity index (χ1n) is 13.8. The van der Waals surface area contributed by atoms with Crippen LogP contribution >= 0.6 is 17.1 Å². The fourth-order valence-corrected chi connectivity index (χ4v) is 13.9. The van der Waals surface area contributed by atoms with Gasteiger partial charge in [-0.2, -0.15) is 0 Å². The molecule has 1 unspecified atom stereocenters. The Kier molecular flexibility index (Phi) is 8.16. The number of rotatable bonds is 7. The molecule has 3 fully saturated rings. The number of allylic oxidation sites excluding steroid dienone is 1. The first-order chi connectivity index (χ1) is 18.5. The lowest BCUT2D eigenvalue weighted by Crippen LogP contribution is -2.49. The molecular formula is C26H42N5O5PS2Si. The molecule has 2 aliphatic heterocycles. The van der Waals surface area contributed by atoms with E-state index in [9.17, 15) is 5.11 Å². The maximum atomic E-state index is 11.6. The van der Waals surface area contributed by atoms with Crippen LogP contribution in [0, 0.1) is 5.92 Å². The van der Waals surface area contributed by atoms with Gasteiger partial charge in [-0.15, -0.1) is 0 Å². The Morgan fingerprint density at radius 2 is 2.10 bits per heavy atom. The molecule has 0 amide bonds. The summed E-state index contributed by atoms with van der Waals surface area (Å²) in [5.74, 6) is 0.710. The van der Waals surface area contributed by atoms with Crippen molar-refractivity contribution in [1.29, 1.82) is 0 Å². The topological polar surface area (TPSA) is 127 Å². The third-order valence-electron chi connectivity index (χ3n) is 9.05. The van der Waals surface area contributed by atoms with Gasteiger partial charge in [0.2, 0.25) is 5.69 Å². The van der Waals surface area contributed by atoms with E-state index in [1.54, 1.807) is 22.3 Å². The summed E-state index contributed by atoms with van der Waals surface area (Å²) >= 11 is 7.70. The van der Waals surface area contributed by atoms with Crippen LogP contribution < -0.4 is 5.73 Å². The summed E-state index contributed by atoms with van der Waals surface area (Å²) < 4.78 is 27.8. The normalized spacial score (nSPS) is 36.7. The molecule has 0 radical (unpaired) electrons. The van der Waals surface area contributed by atoms with Gasteiger partial charge in [-0.1, -0.05) is 44.3 Å². The molecule has 3 N–H and O–H groups in total. The van der Waals surface area contributed by atoms with E-state index in [4.69, 9.17) is 35.8 Å². The van der Waals surface area contributed by atoms with Crippen LogP contribution in [0.2, 0.25) is 18.1 Å². The highest BCUT2D eigenvalue weighted by Crippen LogP contribution is 2.75. The number of anilines is 1. The highest BCUT2D eigenvalue weighted by atomic mass is 32.9. The van der Waals surface area contributed by atoms with Crippen LogP contribution in [0.4, 0.5) is 5.82 Å². The van der Waals surface area contributed by atoms with Crippen LogP contribution in [0.3, 0.4) is 0 Å². The SMILES string of the molecule is C=C(C)[C@H]1CC[C@@]2(C)SP(=S)(OC[C@H]3O[C@@H](n4cnc5c(N)ncnc54)[C@H](O)[C@@H]3O[Si](C)(C)C(C)(C)C)O[C@@H]2C1. The number of aliphatic hydroxyl groups is 1. The van der Waals surface area contributed by atoms with Crippen molar-refractivity contribution in [3.05, 3.63) is 24.8 Å². The Bertz CT molecular complexity index is 1340. The van der Waals surface area contributed by atoms with Crippen molar-refractivity contribution < 1.29 is 23.3 Å². The number of hydrogen-bond acceptors (Lipinski definition) is 11. The molecule has 8 atom stereocenters. The van der Waals surface area contributed by atoms with Gasteiger partial charge in [-0.3, -0.25) is 4.57 Å². The monoisotopic (exact) mass is 627 g/mol. The van der Waals surface area contributed by atoms with Gasteiger partial charge < -0.3 is 29.1 Å². The van der Waals surface area contributed by atoms with Gasteiger partial charge in [0.25, 0.3) is 0 Å². The molecule has 10 nitrogen and oxygen atoms in total. The molecule has 2 aromatic rings. The van der Waals surface area contributed by atoms with E-state index in [1.165, 1.54) is 11.9 Å². The largest absolute Gasteiger partial charge is 0.408 e. The van der Waals surface area contributed by atoms with Crippen molar-refractivity contribution in [2.45, 2.75) is 107 Å². The van der Waals surface area contributed by atoms with Gasteiger partial charge >= 0.3 is 0 Å². The number of nitrogens with zero attached hydrogens (tertiary/aromatic N) is 4. The lowest BCUT2D eigenvalue weighted by molar-refractivity contribution is -0.0475. The van der Waals surface area contributed by atoms with Gasteiger partial charge in [-0.05, 0) is 69.0 Å². The third-order valence-corrected chi connectivity index (χ3v) is 19.3. The molecule has 1 saturated carbocycles. The highest BCUT2D eigenvalue weighted by molar-refractivity contribution is 8.68. The number of aromatic nitrogens is 4. The van der Waals surface area contributed by atoms with Crippen LogP contribution in [0.15, 0.2) is 24.8 Å². The molecule has 4 heterocycles. The summed E-state index contributed by atoms with van der Waals surface area (Å²) in [7, 11) is -2.29. The molecule has 3 aliphatic rings. The standard InChI is InChI=1S/C26H42N5O5PS2Si/c1-15(2)16-9-10-26(6)18(11-16)35-37(38,39-26)33-12-17-21(36-40(7,8)25(3,4)5)20(32)24(34-17)31-14-30-19-22(27)28-13-29-23(19)31/h13-14,16-18,20-21,24,32H,1,9-12H2,2-8H3,(H2,27,28,29)/t16-,17+,18+,20+,21+,24+,26+,37?/m0/s1. The molecule has 0 spiro atoms. The first-order valence-corrected chi connectivity index (χ1v) is 20.7. The van der Waals surface area contributed by atoms with Crippen LogP contribution in [-0.2, 0) is 30.0 Å². The Labute approximate surface area is 246 Å². The van der Waals surface area contributed by atoms with E-state index in [2.05, 4.69) is 69.2 Å². The third kappa shape index (κ3) is 5.58. The molecule has 0 aromatic carbocycles. The van der Waals surface area contributed by atoms with Crippen molar-refractivity contribution in [2.24, 2.45) is 5.92 Å². The molecule has 1 aliphatic carbocycles. The number of nitrogen functional groups attached to an aromatic ring is 1. The molecular weight excluding hydrogens is 586 g/mol. The molecule has 40 heavy (non-hydrogen) atoms. The van der Waals surface area contributed by atoms with Crippen LogP contribution in [0.1, 0.15) is 60.1 Å². The summed E-state index contributed by atoms with van der Waals surface area (Å²) in [5.41, 5.74) is 5.49. The predicted octanol–water partition coefficient (Wildman–Crippen LogP) is 5.57. The van der Waals surface area contributed by atoms with Crippen molar-refractivity contribution in [3.63, 3.8) is 0 Å². The van der Waals surface area contributed by atoms with Crippen molar-refractivity contribution in [1.82, 2.24) is 19.5 Å². The Morgan fingerprint density at radius 3 is 2.77 bits per heavy atom. The van der Waals surface area contributed by atoms with Gasteiger partial charge in [0.05, 0.1) is 19.0 Å². The van der Waals surface area contributed by atoms with Gasteiger partial charge in [0.1, 0.15) is 30.2 Å². The smallest absolute Gasteiger partial charge is 0.248 e. The van der Waals surface area contributed by atoms with E-state index in [0.29, 0.717) is 17.1 Å². The van der Waals surface area contributed by atoms with Crippen molar-refractivity contribution in [2.75, 3.05) is 12.3 Å². The summed E-state index contributed by atoms with van der Waals surface area (Å²) in [4.78, 5) is 12.7. The number of ether oxygens (including phenoxy) is 1. The van der Waals surface area contributed by atoms with E-state index in [0.717, 1.165) is 19.3 Å². The zero-order valence-electron chi connectivity index (χ0n) is 24.4. The average molecular weight is 628 g/mol. The highest BCUT2D eigenvalue weighted by Gasteiger charge is 2.55. The zero-order valence-corrected chi connectivity index (χ0v) is 27.9. The average Bonchev–Trinajstić information content (AvgIpc) is 3.48. The van der Waals surface area contributed by atoms with Crippen molar-refractivity contribution in [3.8, 4) is 0 Å². The van der Waals surface area contributed by atoms with Crippen LogP contribution in [0.5, 0.6) is 0 Å². The maximum Gasteiger partial charge on any atom is 0.248 e. The molecule has 0 bridgehead atoms. The summed E-state index contributed by atoms with van der Waals surface area (Å²) in [6, 6.07) is 0. The number of nitrogens with two attached hydrogens (primary N) is 1. The predicted molar refractivity (Wildman–Crippen MR) is 165 cm³/mol. The fraction of sp³-hybridized carbons (Fsp3) is 0.731. The van der Waals surface area contributed by atoms with Gasteiger partial charge in [-0.25, -0.2) is 15.0 Å². The second kappa shape index (κ2) is 10.7. The minimum absolute atomic E-state index is 0.0309. The second-order valence-corrected chi connectivity index (χ2v) is 24.4. The van der Waals surface area contributed by atoms with Crippen LogP contribution in [0.25, 0.3) is 11.2 Å². The number of fused-ring (bicyclic) bond motifs is 2. The zero-order chi connectivity index (χ0) is 29.3. The van der Waals surface area contributed by atoms with Crippen LogP contribution in [-0.4, -0.2) is 68.7 Å². The minimum atomic E-state index is -2.65. The van der Waals surface area contributed by atoms with E-state index < -0.39 is 38.6 Å². The number of imidazole rings is 1. The van der Waals surface area contributed by atoms with E-state index in [-0.39, 0.29) is 28.3 Å². The minimum Gasteiger partial charge on any atom is -0.408 e. The molecule has 14 heteroatoms. The lowest BCUT2D eigenvalue weighted by Gasteiger charge is -2.40. The van der Waals surface area contributed by atoms with Gasteiger partial charge in [0.15, 0.2) is 26.0 Å². The second-order valence-electron chi connectivity index (χ2n) is 13.0. The molecule has 2 saturated heterocycles. The fourth-order valence-electron chi connectivity index (χ4n) is 5.41. The molecule has 2 aromatic heterocycles. The number of hydrogen-bond donors (Lipinski definition) is 2. The number of aliphatic hydroxyl groups excluding tert-OH is 1. The van der Waals surface area contributed by atoms with E-state index >= 15 is 0 Å². The lowest BCUT2D eigenvalue weighted by atomic mass is 9.77. The van der Waals surface area contributed by atoms with Gasteiger partial charge in [0, 0.05) is 4.75 Å². The summed E-state index contributed by atoms with van der Waals surface area (Å²) in [6.07, 6.45) is 2.98. The summed E-state index contributed by atoms with van der Waals surface area (Å²) in [5, 5.41) is 11.6. The summed E-state index contributed by atoms with van der Waals surface area (Å²) in [6.45, 7) is 19.5. The quantitative estimate of drug-likeness (QED) is 0.227. The van der Waals surface area contributed by atoms with E-state index in [1.807, 2.05) is 0 Å². The Balaban J connectivity index is 1.38. The first kappa shape index (κ1) is 30.6.